The molecule has 0 unspecified atom stereocenters. The number of aryl methyl sites for hydroxylation is 2. The molecule has 294 valence electrons. The second-order valence-corrected chi connectivity index (χ2v) is 15.5. The fourth-order valence-electron chi connectivity index (χ4n) is 7.96. The van der Waals surface area contributed by atoms with Gasteiger partial charge in [-0.25, -0.2) is 19.9 Å². The summed E-state index contributed by atoms with van der Waals surface area (Å²) in [6, 6.07) is 67.0. The average molecular weight is 799 g/mol. The van der Waals surface area contributed by atoms with E-state index in [1.807, 2.05) is 62.4 Å². The van der Waals surface area contributed by atoms with Gasteiger partial charge in [-0.3, -0.25) is 0 Å². The van der Waals surface area contributed by atoms with Crippen molar-refractivity contribution in [3.05, 3.63) is 206 Å². The first-order valence-electron chi connectivity index (χ1n) is 20.7. The molecule has 3 aromatic heterocycles. The Hall–Kier alpha value is -8.22. The number of hydrogen-bond donors (Lipinski definition) is 0. The Kier molecular flexibility index (Phi) is 9.16. The molecule has 0 aliphatic carbocycles. The lowest BCUT2D eigenvalue weighted by Crippen LogP contribution is -1.99. The maximum atomic E-state index is 5.97. The molecule has 0 radical (unpaired) electrons. The van der Waals surface area contributed by atoms with Crippen molar-refractivity contribution in [1.29, 1.82) is 0 Å². The normalized spacial score (nSPS) is 11.4. The van der Waals surface area contributed by atoms with Crippen LogP contribution < -0.4 is 0 Å². The van der Waals surface area contributed by atoms with Crippen molar-refractivity contribution < 1.29 is 8.83 Å². The number of benzene rings is 8. The molecule has 0 saturated carbocycles. The highest BCUT2D eigenvalue weighted by molar-refractivity contribution is 5.83. The highest BCUT2D eigenvalue weighted by Gasteiger charge is 2.15. The van der Waals surface area contributed by atoms with E-state index in [2.05, 4.69) is 156 Å². The predicted octanol–water partition coefficient (Wildman–Crippen LogP) is 14.7. The van der Waals surface area contributed by atoms with E-state index in [0.717, 1.165) is 112 Å². The number of fused-ring (bicyclic) bond motifs is 2. The molecule has 0 bridgehead atoms. The van der Waals surface area contributed by atoms with Crippen LogP contribution in [0.4, 0.5) is 0 Å². The van der Waals surface area contributed by atoms with E-state index in [4.69, 9.17) is 18.8 Å². The number of nitrogens with zero attached hydrogens (tertiary/aromatic N) is 4. The number of oxazole rings is 2. The van der Waals surface area contributed by atoms with Gasteiger partial charge in [-0.1, -0.05) is 146 Å². The molecular weight excluding hydrogens is 761 g/mol. The van der Waals surface area contributed by atoms with Crippen LogP contribution in [0.15, 0.2) is 203 Å². The maximum absolute atomic E-state index is 5.97. The van der Waals surface area contributed by atoms with Crippen molar-refractivity contribution in [2.45, 2.75) is 13.8 Å². The van der Waals surface area contributed by atoms with Gasteiger partial charge in [0.25, 0.3) is 0 Å². The van der Waals surface area contributed by atoms with Crippen molar-refractivity contribution in [3.8, 4) is 89.9 Å². The fourth-order valence-corrected chi connectivity index (χ4v) is 7.96. The first-order valence-corrected chi connectivity index (χ1v) is 20.7. The molecule has 11 aromatic rings. The zero-order valence-electron chi connectivity index (χ0n) is 34.1. The third-order valence-corrected chi connectivity index (χ3v) is 11.6. The molecule has 62 heavy (non-hydrogen) atoms. The van der Waals surface area contributed by atoms with Gasteiger partial charge in [0.05, 0.1) is 22.8 Å². The van der Waals surface area contributed by atoms with Gasteiger partial charge in [0.1, 0.15) is 11.0 Å². The SMILES string of the molecule is Cc1nc(-c2ccc(-c3ccc(-c4ccc(-c5nc6ccccc6o5)cc4)cc3)cc2)c(-c2ccc(-c3ccc(-c4ccc(-c5nc6ccccc6o5)cc4)cc3)cc2)nc1C. The van der Waals surface area contributed by atoms with Crippen LogP contribution in [0.5, 0.6) is 0 Å². The summed E-state index contributed by atoms with van der Waals surface area (Å²) >= 11 is 0. The lowest BCUT2D eigenvalue weighted by Gasteiger charge is -2.13. The van der Waals surface area contributed by atoms with Gasteiger partial charge in [-0.15, -0.1) is 0 Å². The van der Waals surface area contributed by atoms with E-state index in [9.17, 15) is 0 Å². The Morgan fingerprint density at radius 2 is 0.500 bits per heavy atom. The van der Waals surface area contributed by atoms with Gasteiger partial charge >= 0.3 is 0 Å². The van der Waals surface area contributed by atoms with Gasteiger partial charge in [-0.05, 0) is 107 Å². The molecular formula is C56H38N4O2. The topological polar surface area (TPSA) is 77.8 Å². The summed E-state index contributed by atoms with van der Waals surface area (Å²) in [5.74, 6) is 1.26. The van der Waals surface area contributed by atoms with Gasteiger partial charge in [0.15, 0.2) is 11.2 Å². The van der Waals surface area contributed by atoms with E-state index in [1.165, 1.54) is 0 Å². The van der Waals surface area contributed by atoms with Crippen LogP contribution in [0.25, 0.3) is 112 Å². The molecule has 8 aromatic carbocycles. The first-order chi connectivity index (χ1) is 30.5. The second kappa shape index (κ2) is 15.4. The zero-order valence-corrected chi connectivity index (χ0v) is 34.1. The second-order valence-electron chi connectivity index (χ2n) is 15.5. The Morgan fingerprint density at radius 1 is 0.258 bits per heavy atom. The summed E-state index contributed by atoms with van der Waals surface area (Å²) in [5, 5.41) is 0. The lowest BCUT2D eigenvalue weighted by atomic mass is 9.96. The Labute approximate surface area is 358 Å². The lowest BCUT2D eigenvalue weighted by molar-refractivity contribution is 0.619. The van der Waals surface area contributed by atoms with Crippen molar-refractivity contribution in [1.82, 2.24) is 19.9 Å². The molecule has 11 rings (SSSR count). The van der Waals surface area contributed by atoms with Crippen LogP contribution in [0.3, 0.4) is 0 Å². The van der Waals surface area contributed by atoms with Crippen LogP contribution in [-0.2, 0) is 0 Å². The smallest absolute Gasteiger partial charge is 0.227 e. The number of hydrogen-bond acceptors (Lipinski definition) is 6. The van der Waals surface area contributed by atoms with Crippen LogP contribution in [0.2, 0.25) is 0 Å². The minimum atomic E-state index is 0.629. The molecule has 3 heterocycles. The third-order valence-electron chi connectivity index (χ3n) is 11.6. The van der Waals surface area contributed by atoms with E-state index in [1.54, 1.807) is 0 Å². The summed E-state index contributed by atoms with van der Waals surface area (Å²) in [5.41, 5.74) is 20.0. The highest BCUT2D eigenvalue weighted by Crippen LogP contribution is 2.35. The summed E-state index contributed by atoms with van der Waals surface area (Å²) in [4.78, 5) is 19.4. The van der Waals surface area contributed by atoms with Crippen LogP contribution >= 0.6 is 0 Å². The Bertz CT molecular complexity index is 3070. The molecule has 0 aliphatic heterocycles. The molecule has 6 nitrogen and oxygen atoms in total. The first kappa shape index (κ1) is 36.8. The van der Waals surface area contributed by atoms with E-state index >= 15 is 0 Å². The summed E-state index contributed by atoms with van der Waals surface area (Å²) in [7, 11) is 0. The Balaban J connectivity index is 0.789. The monoisotopic (exact) mass is 798 g/mol. The summed E-state index contributed by atoms with van der Waals surface area (Å²) < 4.78 is 11.9. The van der Waals surface area contributed by atoms with Gasteiger partial charge in [0.2, 0.25) is 11.8 Å². The summed E-state index contributed by atoms with van der Waals surface area (Å²) in [6.07, 6.45) is 0. The molecule has 0 atom stereocenters. The van der Waals surface area contributed by atoms with Crippen molar-refractivity contribution in [2.75, 3.05) is 0 Å². The molecule has 0 saturated heterocycles. The molecule has 6 heteroatoms. The van der Waals surface area contributed by atoms with Crippen LogP contribution in [0, 0.1) is 13.8 Å². The Morgan fingerprint density at radius 3 is 0.774 bits per heavy atom. The maximum Gasteiger partial charge on any atom is 0.227 e. The molecule has 0 N–H and O–H groups in total. The minimum Gasteiger partial charge on any atom is -0.436 e. The van der Waals surface area contributed by atoms with E-state index in [-0.39, 0.29) is 0 Å². The van der Waals surface area contributed by atoms with Crippen molar-refractivity contribution in [2.24, 2.45) is 0 Å². The number of rotatable bonds is 8. The van der Waals surface area contributed by atoms with Crippen molar-refractivity contribution >= 4 is 22.2 Å². The number of para-hydroxylation sites is 4. The molecule has 0 spiro atoms. The van der Waals surface area contributed by atoms with Gasteiger partial charge in [-0.2, -0.15) is 0 Å². The van der Waals surface area contributed by atoms with Crippen molar-refractivity contribution in [3.63, 3.8) is 0 Å². The van der Waals surface area contributed by atoms with E-state index < -0.39 is 0 Å². The standard InChI is InChI=1S/C56H38N4O2/c1-35-36(2)58-54(46-29-21-42(22-30-46)38-13-17-40(18-14-38)44-25-33-48(34-26-44)56-60-50-8-4-6-10-52(50)62-56)53(57-35)45-27-19-41(20-28-45)37-11-15-39(16-12-37)43-23-31-47(32-24-43)55-59-49-7-3-5-9-51(49)61-55/h3-34H,1-2H3. The highest BCUT2D eigenvalue weighted by atomic mass is 16.4. The number of aromatic nitrogens is 4. The minimum absolute atomic E-state index is 0.629. The quantitative estimate of drug-likeness (QED) is 0.152. The molecule has 0 amide bonds. The van der Waals surface area contributed by atoms with Gasteiger partial charge in [0, 0.05) is 22.3 Å². The third kappa shape index (κ3) is 7.03. The van der Waals surface area contributed by atoms with Crippen LogP contribution in [0.1, 0.15) is 11.4 Å². The van der Waals surface area contributed by atoms with Crippen LogP contribution in [-0.4, -0.2) is 19.9 Å². The average Bonchev–Trinajstić information content (AvgIpc) is 3.98. The molecule has 0 aliphatic rings. The van der Waals surface area contributed by atoms with Gasteiger partial charge < -0.3 is 8.83 Å². The fraction of sp³-hybridized carbons (Fsp3) is 0.0357. The van der Waals surface area contributed by atoms with E-state index in [0.29, 0.717) is 11.8 Å². The molecule has 0 fully saturated rings. The predicted molar refractivity (Wildman–Crippen MR) is 250 cm³/mol. The summed E-state index contributed by atoms with van der Waals surface area (Å²) in [6.45, 7) is 4.04. The largest absolute Gasteiger partial charge is 0.436 e. The zero-order chi connectivity index (χ0) is 41.6.